The van der Waals surface area contributed by atoms with Crippen LogP contribution in [0, 0.1) is 0 Å². The van der Waals surface area contributed by atoms with Crippen LogP contribution in [0.15, 0.2) is 72.9 Å². The van der Waals surface area contributed by atoms with Gasteiger partial charge in [-0.15, -0.1) is 0 Å². The van der Waals surface area contributed by atoms with Crippen molar-refractivity contribution < 1.29 is 4.79 Å². The third-order valence-electron chi connectivity index (χ3n) is 4.92. The summed E-state index contributed by atoms with van der Waals surface area (Å²) in [4.78, 5) is 14.2. The molecule has 4 heteroatoms. The van der Waals surface area contributed by atoms with E-state index in [1.165, 1.54) is 0 Å². The van der Waals surface area contributed by atoms with E-state index in [1.807, 2.05) is 5.01 Å². The van der Waals surface area contributed by atoms with Gasteiger partial charge in [0.15, 0.2) is 0 Å². The first-order valence-electron chi connectivity index (χ1n) is 11.8. The van der Waals surface area contributed by atoms with Crippen LogP contribution in [0.1, 0.15) is 58.3 Å². The maximum Gasteiger partial charge on any atom is 0.234 e. The number of carbonyl (C=O) groups excluding carboxylic acids is 1. The molecule has 0 atom stereocenters. The van der Waals surface area contributed by atoms with Crippen LogP contribution >= 0.6 is 0 Å². The van der Waals surface area contributed by atoms with Crippen molar-refractivity contribution in [3.05, 3.63) is 72.9 Å². The molecule has 0 aromatic heterocycles. The zero-order chi connectivity index (χ0) is 22.4. The van der Waals surface area contributed by atoms with Gasteiger partial charge in [0.05, 0.1) is 0 Å². The first-order chi connectivity index (χ1) is 15.2. The largest absolute Gasteiger partial charge is 0.304 e. The number of amides is 1. The molecule has 1 saturated heterocycles. The van der Waals surface area contributed by atoms with E-state index in [1.54, 1.807) is 0 Å². The Kier molecular flexibility index (Phi) is 17.1. The average Bonchev–Trinajstić information content (AvgIpc) is 2.77. The zero-order valence-electron chi connectivity index (χ0n) is 19.7. The highest BCUT2D eigenvalue weighted by atomic mass is 16.2. The van der Waals surface area contributed by atoms with Gasteiger partial charge in [0.25, 0.3) is 0 Å². The summed E-state index contributed by atoms with van der Waals surface area (Å²) in [5, 5.41) is 2.03. The fourth-order valence-corrected chi connectivity index (χ4v) is 3.00. The lowest BCUT2D eigenvalue weighted by atomic mass is 10.2. The highest BCUT2D eigenvalue weighted by Gasteiger charge is 2.14. The summed E-state index contributed by atoms with van der Waals surface area (Å²) in [6.07, 6.45) is 33.7. The third kappa shape index (κ3) is 17.2. The van der Waals surface area contributed by atoms with Crippen molar-refractivity contribution in [3.8, 4) is 0 Å². The Labute approximate surface area is 190 Å². The molecule has 0 spiro atoms. The van der Waals surface area contributed by atoms with Crippen LogP contribution in [0.25, 0.3) is 0 Å². The fraction of sp³-hybridized carbons (Fsp3) is 0.519. The molecule has 1 fully saturated rings. The number of nitrogens with zero attached hydrogens (tertiary/aromatic N) is 2. The van der Waals surface area contributed by atoms with Crippen LogP contribution in [0.2, 0.25) is 0 Å². The standard InChI is InChI=1S/C27H43N3O/c1-3-4-5-6-7-8-9-10-11-12-13-14-15-16-17-18-19-20-21-22-27(31)28-30-25-23-29(2)24-26-30/h4-5,7-8,10-11,13-14,16-17,19-20H,3,6,9,12,15,18,21-26H2,1-2H3,(H,28,31)/b5-4-,8-7-,11-10-,14-13-,17-16-,20-19-. The molecule has 0 saturated carbocycles. The quantitative estimate of drug-likeness (QED) is 0.340. The van der Waals surface area contributed by atoms with Crippen LogP contribution in [-0.2, 0) is 4.79 Å². The first kappa shape index (κ1) is 26.9. The lowest BCUT2D eigenvalue weighted by molar-refractivity contribution is -0.126. The molecule has 31 heavy (non-hydrogen) atoms. The van der Waals surface area contributed by atoms with E-state index in [4.69, 9.17) is 0 Å². The average molecular weight is 426 g/mol. The summed E-state index contributed by atoms with van der Waals surface area (Å²) in [7, 11) is 2.11. The van der Waals surface area contributed by atoms with Gasteiger partial charge in [-0.1, -0.05) is 79.8 Å². The molecule has 0 unspecified atom stereocenters. The predicted octanol–water partition coefficient (Wildman–Crippen LogP) is 5.74. The molecule has 0 radical (unpaired) electrons. The number of hydrazine groups is 1. The topological polar surface area (TPSA) is 35.6 Å². The van der Waals surface area contributed by atoms with Crippen LogP contribution in [0.4, 0.5) is 0 Å². The summed E-state index contributed by atoms with van der Waals surface area (Å²) in [5.41, 5.74) is 3.00. The van der Waals surface area contributed by atoms with Crippen molar-refractivity contribution in [3.63, 3.8) is 0 Å². The second kappa shape index (κ2) is 19.8. The Balaban J connectivity index is 1.95. The number of likely N-dealkylation sites (N-methyl/N-ethyl adjacent to an activating group) is 1. The first-order valence-corrected chi connectivity index (χ1v) is 11.8. The lowest BCUT2D eigenvalue weighted by Crippen LogP contribution is -2.52. The molecule has 4 nitrogen and oxygen atoms in total. The number of allylic oxidation sites excluding steroid dienone is 12. The van der Waals surface area contributed by atoms with E-state index in [0.29, 0.717) is 6.42 Å². The molecule has 0 aromatic rings. The van der Waals surface area contributed by atoms with Crippen molar-refractivity contribution >= 4 is 5.91 Å². The monoisotopic (exact) mass is 425 g/mol. The molecule has 1 amide bonds. The minimum absolute atomic E-state index is 0.115. The lowest BCUT2D eigenvalue weighted by Gasteiger charge is -2.32. The van der Waals surface area contributed by atoms with Crippen molar-refractivity contribution in [2.45, 2.75) is 58.3 Å². The molecular formula is C27H43N3O. The number of rotatable bonds is 15. The number of hydrogen-bond donors (Lipinski definition) is 1. The summed E-state index contributed by atoms with van der Waals surface area (Å²) in [6, 6.07) is 0. The fourth-order valence-electron chi connectivity index (χ4n) is 3.00. The summed E-state index contributed by atoms with van der Waals surface area (Å²) in [6.45, 7) is 5.98. The van der Waals surface area contributed by atoms with Gasteiger partial charge in [0, 0.05) is 32.6 Å². The van der Waals surface area contributed by atoms with E-state index >= 15 is 0 Å². The Morgan fingerprint density at radius 3 is 1.55 bits per heavy atom. The minimum Gasteiger partial charge on any atom is -0.304 e. The number of carbonyl (C=O) groups is 1. The summed E-state index contributed by atoms with van der Waals surface area (Å²) in [5.74, 6) is 0.115. The molecule has 172 valence electrons. The molecule has 1 aliphatic heterocycles. The zero-order valence-corrected chi connectivity index (χ0v) is 19.7. The van der Waals surface area contributed by atoms with Crippen LogP contribution in [-0.4, -0.2) is 49.0 Å². The SMILES string of the molecule is CC/C=C\C/C=C\C/C=C\C/C=C\C/C=C\C/C=C\CCC(=O)NN1CCN(C)CC1. The Bertz CT molecular complexity index is 620. The predicted molar refractivity (Wildman–Crippen MR) is 135 cm³/mol. The maximum atomic E-state index is 11.9. The van der Waals surface area contributed by atoms with Crippen molar-refractivity contribution in [2.75, 3.05) is 33.2 Å². The molecule has 0 aliphatic carbocycles. The molecule has 1 aliphatic rings. The van der Waals surface area contributed by atoms with Gasteiger partial charge in [0.2, 0.25) is 5.91 Å². The van der Waals surface area contributed by atoms with Gasteiger partial charge >= 0.3 is 0 Å². The molecule has 0 aromatic carbocycles. The van der Waals surface area contributed by atoms with Crippen molar-refractivity contribution in [2.24, 2.45) is 0 Å². The van der Waals surface area contributed by atoms with Gasteiger partial charge in [-0.2, -0.15) is 0 Å². The van der Waals surface area contributed by atoms with Gasteiger partial charge < -0.3 is 4.90 Å². The molecule has 1 heterocycles. The van der Waals surface area contributed by atoms with Gasteiger partial charge in [-0.05, 0) is 52.0 Å². The number of hydrogen-bond acceptors (Lipinski definition) is 3. The Morgan fingerprint density at radius 2 is 1.10 bits per heavy atom. The highest BCUT2D eigenvalue weighted by molar-refractivity contribution is 5.75. The molecule has 0 bridgehead atoms. The Morgan fingerprint density at radius 1 is 0.677 bits per heavy atom. The van der Waals surface area contributed by atoms with E-state index < -0.39 is 0 Å². The third-order valence-corrected chi connectivity index (χ3v) is 4.92. The van der Waals surface area contributed by atoms with Crippen LogP contribution in [0.3, 0.4) is 0 Å². The van der Waals surface area contributed by atoms with E-state index in [9.17, 15) is 4.79 Å². The molecule has 1 rings (SSSR count). The Hall–Kier alpha value is -2.17. The second-order valence-electron chi connectivity index (χ2n) is 7.78. The van der Waals surface area contributed by atoms with Gasteiger partial charge in [-0.25, -0.2) is 5.01 Å². The van der Waals surface area contributed by atoms with Crippen molar-refractivity contribution in [1.29, 1.82) is 0 Å². The van der Waals surface area contributed by atoms with Gasteiger partial charge in [-0.3, -0.25) is 10.2 Å². The normalized spacial score (nSPS) is 17.0. The summed E-state index contributed by atoms with van der Waals surface area (Å²) >= 11 is 0. The minimum atomic E-state index is 0.115. The molecule has 1 N–H and O–H groups in total. The summed E-state index contributed by atoms with van der Waals surface area (Å²) < 4.78 is 0. The van der Waals surface area contributed by atoms with Gasteiger partial charge in [0.1, 0.15) is 0 Å². The molecular weight excluding hydrogens is 382 g/mol. The number of nitrogens with one attached hydrogen (secondary N) is 1. The van der Waals surface area contributed by atoms with Crippen LogP contribution < -0.4 is 5.43 Å². The smallest absolute Gasteiger partial charge is 0.234 e. The van der Waals surface area contributed by atoms with Crippen molar-refractivity contribution in [1.82, 2.24) is 15.3 Å². The number of piperazine rings is 1. The van der Waals surface area contributed by atoms with E-state index in [-0.39, 0.29) is 5.91 Å². The highest BCUT2D eigenvalue weighted by Crippen LogP contribution is 1.99. The second-order valence-corrected chi connectivity index (χ2v) is 7.78. The van der Waals surface area contributed by atoms with E-state index in [0.717, 1.165) is 71.1 Å². The van der Waals surface area contributed by atoms with E-state index in [2.05, 4.69) is 97.2 Å². The maximum absolute atomic E-state index is 11.9. The van der Waals surface area contributed by atoms with Crippen LogP contribution in [0.5, 0.6) is 0 Å².